The number of piperazine rings is 1. The first-order chi connectivity index (χ1) is 7.70. The van der Waals surface area contributed by atoms with E-state index in [1.54, 1.807) is 24.3 Å². The average molecular weight is 215 g/mol. The minimum absolute atomic E-state index is 0.00765. The van der Waals surface area contributed by atoms with Crippen molar-refractivity contribution in [3.8, 4) is 6.07 Å². The van der Waals surface area contributed by atoms with Gasteiger partial charge in [0.1, 0.15) is 6.54 Å². The maximum atomic E-state index is 11.6. The molecule has 1 aromatic rings. The lowest BCUT2D eigenvalue weighted by atomic mass is 10.2. The molecule has 1 saturated heterocycles. The highest BCUT2D eigenvalue weighted by atomic mass is 16.2. The lowest BCUT2D eigenvalue weighted by molar-refractivity contribution is -0.128. The second-order valence-corrected chi connectivity index (χ2v) is 3.42. The summed E-state index contributed by atoms with van der Waals surface area (Å²) >= 11 is 0. The predicted molar refractivity (Wildman–Crippen MR) is 56.5 cm³/mol. The summed E-state index contributed by atoms with van der Waals surface area (Å²) in [6, 6.07) is 8.63. The Bertz CT molecular complexity index is 490. The summed E-state index contributed by atoms with van der Waals surface area (Å²) in [7, 11) is 0. The fraction of sp³-hybridized carbons (Fsp3) is 0.182. The Labute approximate surface area is 92.3 Å². The highest BCUT2D eigenvalue weighted by Crippen LogP contribution is 2.16. The summed E-state index contributed by atoms with van der Waals surface area (Å²) in [5.41, 5.74) is 1.05. The van der Waals surface area contributed by atoms with Crippen LogP contribution in [0.5, 0.6) is 0 Å². The minimum Gasteiger partial charge on any atom is -0.345 e. The van der Waals surface area contributed by atoms with E-state index in [0.717, 1.165) is 0 Å². The van der Waals surface area contributed by atoms with Crippen LogP contribution in [0.3, 0.4) is 0 Å². The van der Waals surface area contributed by atoms with Crippen molar-refractivity contribution in [1.29, 1.82) is 5.26 Å². The van der Waals surface area contributed by atoms with Crippen LogP contribution in [0, 0.1) is 11.3 Å². The zero-order valence-corrected chi connectivity index (χ0v) is 8.43. The summed E-state index contributed by atoms with van der Waals surface area (Å²) < 4.78 is 0. The van der Waals surface area contributed by atoms with E-state index in [1.165, 1.54) is 4.90 Å². The molecule has 0 aromatic heterocycles. The molecule has 0 saturated carbocycles. The molecule has 1 heterocycles. The van der Waals surface area contributed by atoms with Crippen molar-refractivity contribution in [1.82, 2.24) is 5.32 Å². The lowest BCUT2D eigenvalue weighted by Gasteiger charge is -2.26. The number of anilines is 1. The van der Waals surface area contributed by atoms with Crippen molar-refractivity contribution in [2.75, 3.05) is 18.0 Å². The van der Waals surface area contributed by atoms with Crippen molar-refractivity contribution in [2.24, 2.45) is 0 Å². The van der Waals surface area contributed by atoms with Crippen LogP contribution in [0.4, 0.5) is 5.69 Å². The van der Waals surface area contributed by atoms with E-state index in [9.17, 15) is 9.59 Å². The Morgan fingerprint density at radius 2 is 2.19 bits per heavy atom. The van der Waals surface area contributed by atoms with Crippen LogP contribution in [0.2, 0.25) is 0 Å². The molecule has 1 N–H and O–H groups in total. The predicted octanol–water partition coefficient (Wildman–Crippen LogP) is 0.0211. The monoisotopic (exact) mass is 215 g/mol. The van der Waals surface area contributed by atoms with Gasteiger partial charge in [-0.3, -0.25) is 9.59 Å². The molecule has 0 bridgehead atoms. The van der Waals surface area contributed by atoms with Gasteiger partial charge in [0.25, 0.3) is 0 Å². The van der Waals surface area contributed by atoms with Gasteiger partial charge in [0.2, 0.25) is 11.8 Å². The average Bonchev–Trinajstić information content (AvgIpc) is 2.32. The Morgan fingerprint density at radius 3 is 2.94 bits per heavy atom. The molecule has 0 aliphatic carbocycles. The van der Waals surface area contributed by atoms with Crippen LogP contribution in [0.15, 0.2) is 24.3 Å². The Morgan fingerprint density at radius 1 is 1.38 bits per heavy atom. The molecule has 0 atom stereocenters. The zero-order valence-electron chi connectivity index (χ0n) is 8.43. The zero-order chi connectivity index (χ0) is 11.5. The molecule has 1 fully saturated rings. The Kier molecular flexibility index (Phi) is 2.56. The van der Waals surface area contributed by atoms with Gasteiger partial charge < -0.3 is 10.2 Å². The molecule has 0 spiro atoms. The van der Waals surface area contributed by atoms with Gasteiger partial charge in [-0.25, -0.2) is 0 Å². The number of nitrogens with zero attached hydrogens (tertiary/aromatic N) is 2. The van der Waals surface area contributed by atoms with E-state index in [4.69, 9.17) is 5.26 Å². The number of rotatable bonds is 1. The van der Waals surface area contributed by atoms with Crippen LogP contribution in [-0.4, -0.2) is 24.9 Å². The van der Waals surface area contributed by atoms with Gasteiger partial charge in [-0.1, -0.05) is 6.07 Å². The standard InChI is InChI=1S/C11H9N3O2/c12-5-8-2-1-3-9(4-8)14-7-10(15)13-6-11(14)16/h1-4H,6-7H2,(H,13,15). The largest absolute Gasteiger partial charge is 0.345 e. The SMILES string of the molecule is N#Cc1cccc(N2CC(=O)NCC2=O)c1. The van der Waals surface area contributed by atoms with Crippen LogP contribution < -0.4 is 10.2 Å². The highest BCUT2D eigenvalue weighted by Gasteiger charge is 2.24. The third-order valence-electron chi connectivity index (χ3n) is 2.33. The third-order valence-corrected chi connectivity index (χ3v) is 2.33. The summed E-state index contributed by atoms with van der Waals surface area (Å²) in [4.78, 5) is 24.1. The van der Waals surface area contributed by atoms with Crippen molar-refractivity contribution >= 4 is 17.5 Å². The molecule has 1 aliphatic heterocycles. The van der Waals surface area contributed by atoms with E-state index in [-0.39, 0.29) is 24.9 Å². The van der Waals surface area contributed by atoms with E-state index in [0.29, 0.717) is 11.3 Å². The minimum atomic E-state index is -0.193. The number of carbonyl (C=O) groups is 2. The normalized spacial score (nSPS) is 15.6. The number of carbonyl (C=O) groups excluding carboxylic acids is 2. The van der Waals surface area contributed by atoms with Gasteiger partial charge in [0, 0.05) is 5.69 Å². The van der Waals surface area contributed by atoms with Crippen LogP contribution >= 0.6 is 0 Å². The fourth-order valence-electron chi connectivity index (χ4n) is 1.54. The van der Waals surface area contributed by atoms with Gasteiger partial charge in [-0.05, 0) is 18.2 Å². The first-order valence-electron chi connectivity index (χ1n) is 4.78. The molecule has 2 amide bonds. The number of nitrogens with one attached hydrogen (secondary N) is 1. The first kappa shape index (κ1) is 10.2. The van der Waals surface area contributed by atoms with Crippen LogP contribution in [0.25, 0.3) is 0 Å². The smallest absolute Gasteiger partial charge is 0.246 e. The molecule has 5 heteroatoms. The molecule has 16 heavy (non-hydrogen) atoms. The number of hydrogen-bond donors (Lipinski definition) is 1. The molecular formula is C11H9N3O2. The lowest BCUT2D eigenvalue weighted by Crippen LogP contribution is -2.51. The number of hydrogen-bond acceptors (Lipinski definition) is 3. The number of amides is 2. The summed E-state index contributed by atoms with van der Waals surface area (Å²) in [5, 5.41) is 11.2. The van der Waals surface area contributed by atoms with E-state index >= 15 is 0 Å². The van der Waals surface area contributed by atoms with Gasteiger partial charge in [0.05, 0.1) is 18.2 Å². The molecule has 1 aliphatic rings. The topological polar surface area (TPSA) is 73.2 Å². The molecule has 0 unspecified atom stereocenters. The molecule has 2 rings (SSSR count). The van der Waals surface area contributed by atoms with Crippen molar-refractivity contribution in [3.63, 3.8) is 0 Å². The second kappa shape index (κ2) is 4.03. The van der Waals surface area contributed by atoms with Crippen LogP contribution in [0.1, 0.15) is 5.56 Å². The van der Waals surface area contributed by atoms with Crippen molar-refractivity contribution in [2.45, 2.75) is 0 Å². The maximum Gasteiger partial charge on any atom is 0.246 e. The van der Waals surface area contributed by atoms with E-state index < -0.39 is 0 Å². The maximum absolute atomic E-state index is 11.6. The van der Waals surface area contributed by atoms with Gasteiger partial charge in [-0.15, -0.1) is 0 Å². The van der Waals surface area contributed by atoms with Crippen LogP contribution in [-0.2, 0) is 9.59 Å². The Hall–Kier alpha value is -2.35. The summed E-state index contributed by atoms with van der Waals surface area (Å²) in [5.74, 6) is -0.364. The molecule has 5 nitrogen and oxygen atoms in total. The molecule has 80 valence electrons. The Balaban J connectivity index is 2.32. The first-order valence-corrected chi connectivity index (χ1v) is 4.78. The second-order valence-electron chi connectivity index (χ2n) is 3.42. The fourth-order valence-corrected chi connectivity index (χ4v) is 1.54. The van der Waals surface area contributed by atoms with Gasteiger partial charge >= 0.3 is 0 Å². The number of benzene rings is 1. The van der Waals surface area contributed by atoms with Gasteiger partial charge in [-0.2, -0.15) is 5.26 Å². The van der Waals surface area contributed by atoms with Crippen molar-refractivity contribution in [3.05, 3.63) is 29.8 Å². The quantitative estimate of drug-likeness (QED) is 0.717. The van der Waals surface area contributed by atoms with E-state index in [2.05, 4.69) is 5.32 Å². The highest BCUT2D eigenvalue weighted by molar-refractivity contribution is 6.04. The summed E-state index contributed by atoms with van der Waals surface area (Å²) in [6.45, 7) is 0.0172. The van der Waals surface area contributed by atoms with Gasteiger partial charge in [0.15, 0.2) is 0 Å². The molecular weight excluding hydrogens is 206 g/mol. The third kappa shape index (κ3) is 1.86. The molecule has 1 aromatic carbocycles. The van der Waals surface area contributed by atoms with Crippen molar-refractivity contribution < 1.29 is 9.59 Å². The summed E-state index contributed by atoms with van der Waals surface area (Å²) in [6.07, 6.45) is 0. The molecule has 0 radical (unpaired) electrons. The number of nitriles is 1. The van der Waals surface area contributed by atoms with E-state index in [1.807, 2.05) is 6.07 Å².